The van der Waals surface area contributed by atoms with E-state index in [4.69, 9.17) is 11.6 Å². The zero-order valence-electron chi connectivity index (χ0n) is 9.76. The average Bonchev–Trinajstić information content (AvgIpc) is 2.72. The summed E-state index contributed by atoms with van der Waals surface area (Å²) in [5, 5.41) is 2.91. The molecule has 1 aliphatic carbocycles. The fourth-order valence-corrected chi connectivity index (χ4v) is 3.28. The quantitative estimate of drug-likeness (QED) is 0.838. The molecule has 1 aromatic rings. The van der Waals surface area contributed by atoms with Crippen LogP contribution < -0.4 is 5.32 Å². The molecule has 2 atom stereocenters. The Morgan fingerprint density at radius 2 is 2.28 bits per heavy atom. The van der Waals surface area contributed by atoms with Crippen LogP contribution in [0.4, 0.5) is 4.39 Å². The number of rotatable bonds is 3. The molecule has 1 saturated carbocycles. The minimum absolute atomic E-state index is 0.0624. The Labute approximate surface area is 119 Å². The molecule has 2 rings (SSSR count). The molecule has 2 unspecified atom stereocenters. The molecule has 0 aromatic heterocycles. The highest BCUT2D eigenvalue weighted by Gasteiger charge is 2.23. The van der Waals surface area contributed by atoms with Gasteiger partial charge < -0.3 is 5.32 Å². The van der Waals surface area contributed by atoms with Gasteiger partial charge in [0.15, 0.2) is 0 Å². The van der Waals surface area contributed by atoms with E-state index >= 15 is 0 Å². The molecule has 0 radical (unpaired) electrons. The minimum Gasteiger partial charge on any atom is -0.352 e. The van der Waals surface area contributed by atoms with E-state index in [1.165, 1.54) is 18.2 Å². The van der Waals surface area contributed by atoms with Gasteiger partial charge in [-0.2, -0.15) is 0 Å². The van der Waals surface area contributed by atoms with Crippen molar-refractivity contribution in [2.24, 2.45) is 5.92 Å². The van der Waals surface area contributed by atoms with Gasteiger partial charge in [-0.15, -0.1) is 0 Å². The second-order valence-electron chi connectivity index (χ2n) is 4.58. The standard InChI is InChI=1S/C13H14BrClFNO/c14-9-5-4-8(6-9)7-17-13(18)12-10(15)2-1-3-11(12)16/h1-3,8-9H,4-7H2,(H,17,18). The number of nitrogens with one attached hydrogen (secondary N) is 1. The second kappa shape index (κ2) is 6.02. The van der Waals surface area contributed by atoms with Crippen molar-refractivity contribution in [1.29, 1.82) is 0 Å². The normalized spacial score (nSPS) is 23.1. The Morgan fingerprint density at radius 3 is 2.89 bits per heavy atom. The fraction of sp³-hybridized carbons (Fsp3) is 0.462. The van der Waals surface area contributed by atoms with Gasteiger partial charge in [-0.1, -0.05) is 33.6 Å². The molecular formula is C13H14BrClFNO. The number of alkyl halides is 1. The first-order valence-corrected chi connectivity index (χ1v) is 7.23. The Balaban J connectivity index is 1.96. The molecule has 18 heavy (non-hydrogen) atoms. The van der Waals surface area contributed by atoms with Crippen LogP contribution in [0.1, 0.15) is 29.6 Å². The van der Waals surface area contributed by atoms with E-state index in [0.717, 1.165) is 19.3 Å². The molecule has 0 bridgehead atoms. The lowest BCUT2D eigenvalue weighted by Crippen LogP contribution is -2.29. The second-order valence-corrected chi connectivity index (χ2v) is 6.29. The van der Waals surface area contributed by atoms with E-state index in [1.54, 1.807) is 0 Å². The van der Waals surface area contributed by atoms with Crippen molar-refractivity contribution in [3.8, 4) is 0 Å². The summed E-state index contributed by atoms with van der Waals surface area (Å²) in [5.41, 5.74) is -0.0624. The summed E-state index contributed by atoms with van der Waals surface area (Å²) in [4.78, 5) is 12.4. The summed E-state index contributed by atoms with van der Waals surface area (Å²) >= 11 is 9.39. The van der Waals surface area contributed by atoms with Gasteiger partial charge in [0.25, 0.3) is 5.91 Å². The number of amides is 1. The maximum absolute atomic E-state index is 13.5. The molecule has 0 saturated heterocycles. The monoisotopic (exact) mass is 333 g/mol. The Kier molecular flexibility index (Phi) is 4.62. The summed E-state index contributed by atoms with van der Waals surface area (Å²) < 4.78 is 13.5. The van der Waals surface area contributed by atoms with Gasteiger partial charge in [0.1, 0.15) is 5.82 Å². The zero-order chi connectivity index (χ0) is 13.1. The number of carbonyl (C=O) groups excluding carboxylic acids is 1. The number of halogens is 3. The predicted molar refractivity (Wildman–Crippen MR) is 73.8 cm³/mol. The molecular weight excluding hydrogens is 321 g/mol. The van der Waals surface area contributed by atoms with Crippen LogP contribution in [0.25, 0.3) is 0 Å². The topological polar surface area (TPSA) is 29.1 Å². The third kappa shape index (κ3) is 3.23. The van der Waals surface area contributed by atoms with E-state index in [-0.39, 0.29) is 10.6 Å². The molecule has 5 heteroatoms. The van der Waals surface area contributed by atoms with E-state index < -0.39 is 11.7 Å². The average molecular weight is 335 g/mol. The third-order valence-electron chi connectivity index (χ3n) is 3.22. The molecule has 1 aromatic carbocycles. The number of carbonyl (C=O) groups is 1. The SMILES string of the molecule is O=C(NCC1CCC(Br)C1)c1c(F)cccc1Cl. The highest BCUT2D eigenvalue weighted by Crippen LogP contribution is 2.30. The van der Waals surface area contributed by atoms with Gasteiger partial charge in [0.2, 0.25) is 0 Å². The lowest BCUT2D eigenvalue weighted by molar-refractivity contribution is 0.0943. The first-order chi connectivity index (χ1) is 8.58. The van der Waals surface area contributed by atoms with E-state index in [9.17, 15) is 9.18 Å². The van der Waals surface area contributed by atoms with Crippen LogP contribution in [0.15, 0.2) is 18.2 Å². The molecule has 1 amide bonds. The molecule has 1 aliphatic rings. The van der Waals surface area contributed by atoms with Crippen molar-refractivity contribution >= 4 is 33.4 Å². The van der Waals surface area contributed by atoms with Crippen molar-refractivity contribution in [3.63, 3.8) is 0 Å². The fourth-order valence-electron chi connectivity index (χ4n) is 2.24. The summed E-state index contributed by atoms with van der Waals surface area (Å²) in [7, 11) is 0. The maximum Gasteiger partial charge on any atom is 0.255 e. The van der Waals surface area contributed by atoms with Gasteiger partial charge in [0, 0.05) is 11.4 Å². The van der Waals surface area contributed by atoms with Gasteiger partial charge in [0.05, 0.1) is 10.6 Å². The Morgan fingerprint density at radius 1 is 1.50 bits per heavy atom. The highest BCUT2D eigenvalue weighted by atomic mass is 79.9. The lowest BCUT2D eigenvalue weighted by Gasteiger charge is -2.12. The van der Waals surface area contributed by atoms with Crippen molar-refractivity contribution < 1.29 is 9.18 Å². The van der Waals surface area contributed by atoms with Crippen LogP contribution in [0, 0.1) is 11.7 Å². The van der Waals surface area contributed by atoms with Crippen molar-refractivity contribution in [2.45, 2.75) is 24.1 Å². The summed E-state index contributed by atoms with van der Waals surface area (Å²) in [5.74, 6) is -0.551. The molecule has 2 nitrogen and oxygen atoms in total. The first kappa shape index (κ1) is 13.8. The molecule has 1 N–H and O–H groups in total. The van der Waals surface area contributed by atoms with Gasteiger partial charge in [-0.05, 0) is 37.3 Å². The molecule has 0 heterocycles. The van der Waals surface area contributed by atoms with Crippen LogP contribution in [-0.2, 0) is 0 Å². The predicted octanol–water partition coefficient (Wildman–Crippen LogP) is 3.77. The molecule has 1 fully saturated rings. The van der Waals surface area contributed by atoms with E-state index in [1.807, 2.05) is 0 Å². The summed E-state index contributed by atoms with van der Waals surface area (Å²) in [6, 6.07) is 4.25. The van der Waals surface area contributed by atoms with Crippen molar-refractivity contribution in [1.82, 2.24) is 5.32 Å². The van der Waals surface area contributed by atoms with Crippen molar-refractivity contribution in [2.75, 3.05) is 6.54 Å². The summed E-state index contributed by atoms with van der Waals surface area (Å²) in [6.07, 6.45) is 3.26. The number of benzene rings is 1. The first-order valence-electron chi connectivity index (χ1n) is 5.94. The maximum atomic E-state index is 13.5. The van der Waals surface area contributed by atoms with Gasteiger partial charge in [-0.3, -0.25) is 4.79 Å². The van der Waals surface area contributed by atoms with Gasteiger partial charge >= 0.3 is 0 Å². The number of hydrogen-bond donors (Lipinski definition) is 1. The summed E-state index contributed by atoms with van der Waals surface area (Å²) in [6.45, 7) is 0.575. The Hall–Kier alpha value is -0.610. The van der Waals surface area contributed by atoms with Gasteiger partial charge in [-0.25, -0.2) is 4.39 Å². The smallest absolute Gasteiger partial charge is 0.255 e. The highest BCUT2D eigenvalue weighted by molar-refractivity contribution is 9.09. The van der Waals surface area contributed by atoms with Crippen LogP contribution in [-0.4, -0.2) is 17.3 Å². The van der Waals surface area contributed by atoms with E-state index in [0.29, 0.717) is 17.3 Å². The van der Waals surface area contributed by atoms with E-state index in [2.05, 4.69) is 21.2 Å². The molecule has 0 aliphatic heterocycles. The largest absolute Gasteiger partial charge is 0.352 e. The molecule has 98 valence electrons. The van der Waals surface area contributed by atoms with Crippen molar-refractivity contribution in [3.05, 3.63) is 34.6 Å². The van der Waals surface area contributed by atoms with Crippen LogP contribution in [0.5, 0.6) is 0 Å². The Bertz CT molecular complexity index is 434. The zero-order valence-corrected chi connectivity index (χ0v) is 12.1. The van der Waals surface area contributed by atoms with Crippen LogP contribution in [0.3, 0.4) is 0 Å². The molecule has 0 spiro atoms. The third-order valence-corrected chi connectivity index (χ3v) is 4.36. The van der Waals surface area contributed by atoms with Crippen LogP contribution in [0.2, 0.25) is 5.02 Å². The van der Waals surface area contributed by atoms with Crippen LogP contribution >= 0.6 is 27.5 Å². The number of hydrogen-bond acceptors (Lipinski definition) is 1. The minimum atomic E-state index is -0.579. The lowest BCUT2D eigenvalue weighted by atomic mass is 10.1.